The van der Waals surface area contributed by atoms with E-state index in [1.54, 1.807) is 0 Å². The van der Waals surface area contributed by atoms with Gasteiger partial charge in [-0.3, -0.25) is 4.79 Å². The maximum atomic E-state index is 12.4. The first kappa shape index (κ1) is 12.7. The number of benzene rings is 1. The van der Waals surface area contributed by atoms with Crippen molar-refractivity contribution in [2.75, 3.05) is 33.2 Å². The lowest BCUT2D eigenvalue weighted by atomic mass is 10.2. The molecule has 1 aliphatic heterocycles. The highest BCUT2D eigenvalue weighted by Gasteiger charge is 2.23. The Kier molecular flexibility index (Phi) is 3.33. The van der Waals surface area contributed by atoms with Crippen LogP contribution in [0.2, 0.25) is 0 Å². The highest BCUT2D eigenvalue weighted by atomic mass is 79.9. The minimum atomic E-state index is -0.0135. The van der Waals surface area contributed by atoms with Crippen molar-refractivity contribution in [3.8, 4) is 0 Å². The largest absolute Gasteiger partial charge is 0.451 e. The number of rotatable bonds is 1. The molecule has 0 spiro atoms. The fourth-order valence-corrected chi connectivity index (χ4v) is 2.62. The second-order valence-corrected chi connectivity index (χ2v) is 5.80. The molecule has 3 rings (SSSR count). The van der Waals surface area contributed by atoms with Crippen LogP contribution < -0.4 is 0 Å². The fraction of sp³-hybridized carbons (Fsp3) is 0.357. The van der Waals surface area contributed by atoms with Crippen LogP contribution in [0.25, 0.3) is 11.0 Å². The first-order valence-corrected chi connectivity index (χ1v) is 7.10. The molecule has 2 aromatic rings. The molecule has 1 aromatic carbocycles. The Labute approximate surface area is 120 Å². The van der Waals surface area contributed by atoms with Gasteiger partial charge in [0.1, 0.15) is 5.58 Å². The maximum Gasteiger partial charge on any atom is 0.289 e. The molecule has 0 aliphatic carbocycles. The molecule has 100 valence electrons. The van der Waals surface area contributed by atoms with Crippen molar-refractivity contribution in [3.05, 3.63) is 34.5 Å². The number of halogens is 1. The van der Waals surface area contributed by atoms with Crippen LogP contribution in [-0.2, 0) is 0 Å². The monoisotopic (exact) mass is 322 g/mol. The molecule has 19 heavy (non-hydrogen) atoms. The molecule has 1 aromatic heterocycles. The van der Waals surface area contributed by atoms with Gasteiger partial charge in [0, 0.05) is 36.0 Å². The summed E-state index contributed by atoms with van der Waals surface area (Å²) in [5.74, 6) is 0.415. The van der Waals surface area contributed by atoms with E-state index < -0.39 is 0 Å². The van der Waals surface area contributed by atoms with Gasteiger partial charge in [-0.2, -0.15) is 0 Å². The predicted molar refractivity (Wildman–Crippen MR) is 77.3 cm³/mol. The normalized spacial score (nSPS) is 17.1. The van der Waals surface area contributed by atoms with Crippen LogP contribution in [-0.4, -0.2) is 48.9 Å². The highest BCUT2D eigenvalue weighted by Crippen LogP contribution is 2.24. The van der Waals surface area contributed by atoms with Crippen molar-refractivity contribution in [2.24, 2.45) is 0 Å². The van der Waals surface area contributed by atoms with Crippen molar-refractivity contribution < 1.29 is 9.21 Å². The molecule has 4 nitrogen and oxygen atoms in total. The van der Waals surface area contributed by atoms with E-state index in [4.69, 9.17) is 4.42 Å². The van der Waals surface area contributed by atoms with Crippen LogP contribution in [0.3, 0.4) is 0 Å². The summed E-state index contributed by atoms with van der Waals surface area (Å²) in [6.45, 7) is 3.35. The van der Waals surface area contributed by atoms with Gasteiger partial charge in [-0.05, 0) is 31.3 Å². The zero-order valence-corrected chi connectivity index (χ0v) is 12.3. The number of hydrogen-bond acceptors (Lipinski definition) is 3. The third kappa shape index (κ3) is 2.53. The van der Waals surface area contributed by atoms with Gasteiger partial charge in [-0.25, -0.2) is 0 Å². The number of nitrogens with zero attached hydrogens (tertiary/aromatic N) is 2. The van der Waals surface area contributed by atoms with Crippen molar-refractivity contribution in [3.63, 3.8) is 0 Å². The molecule has 1 saturated heterocycles. The predicted octanol–water partition coefficient (Wildman–Crippen LogP) is 2.58. The van der Waals surface area contributed by atoms with Crippen LogP contribution >= 0.6 is 15.9 Å². The quantitative estimate of drug-likeness (QED) is 0.809. The summed E-state index contributed by atoms with van der Waals surface area (Å²) in [5, 5.41) is 0.959. The molecule has 1 fully saturated rings. The van der Waals surface area contributed by atoms with Gasteiger partial charge in [0.2, 0.25) is 0 Å². The van der Waals surface area contributed by atoms with Crippen molar-refractivity contribution in [1.29, 1.82) is 0 Å². The van der Waals surface area contributed by atoms with Crippen LogP contribution in [0.1, 0.15) is 10.6 Å². The number of amides is 1. The molecule has 0 bridgehead atoms. The summed E-state index contributed by atoms with van der Waals surface area (Å²) >= 11 is 3.40. The van der Waals surface area contributed by atoms with Crippen LogP contribution in [0.5, 0.6) is 0 Å². The van der Waals surface area contributed by atoms with E-state index in [-0.39, 0.29) is 5.91 Å². The fourth-order valence-electron chi connectivity index (χ4n) is 2.28. The molecule has 0 atom stereocenters. The first-order chi connectivity index (χ1) is 9.13. The molecule has 0 unspecified atom stereocenters. The lowest BCUT2D eigenvalue weighted by molar-refractivity contribution is 0.0635. The summed E-state index contributed by atoms with van der Waals surface area (Å²) in [4.78, 5) is 16.4. The Hall–Kier alpha value is -1.33. The van der Waals surface area contributed by atoms with E-state index in [0.717, 1.165) is 41.6 Å². The van der Waals surface area contributed by atoms with E-state index >= 15 is 0 Å². The molecular formula is C14H15BrN2O2. The second-order valence-electron chi connectivity index (χ2n) is 4.89. The lowest BCUT2D eigenvalue weighted by Crippen LogP contribution is -2.47. The molecule has 0 saturated carbocycles. The summed E-state index contributed by atoms with van der Waals surface area (Å²) < 4.78 is 6.61. The van der Waals surface area contributed by atoms with Crippen molar-refractivity contribution in [2.45, 2.75) is 0 Å². The van der Waals surface area contributed by atoms with Gasteiger partial charge in [0.25, 0.3) is 5.91 Å². The zero-order chi connectivity index (χ0) is 13.4. The zero-order valence-electron chi connectivity index (χ0n) is 10.7. The van der Waals surface area contributed by atoms with Crippen molar-refractivity contribution >= 4 is 32.8 Å². The van der Waals surface area contributed by atoms with Crippen LogP contribution in [0.4, 0.5) is 0 Å². The van der Waals surface area contributed by atoms with Crippen LogP contribution in [0.15, 0.2) is 33.2 Å². The smallest absolute Gasteiger partial charge is 0.289 e. The van der Waals surface area contributed by atoms with Gasteiger partial charge in [0.15, 0.2) is 5.76 Å². The molecule has 0 radical (unpaired) electrons. The standard InChI is InChI=1S/C14H15BrN2O2/c1-16-4-6-17(7-5-16)14(18)13-8-10-2-3-11(15)9-12(10)19-13/h2-3,8-9H,4-7H2,1H3. The van der Waals surface area contributed by atoms with Crippen LogP contribution in [0, 0.1) is 0 Å². The molecule has 2 heterocycles. The SMILES string of the molecule is CN1CCN(C(=O)c2cc3ccc(Br)cc3o2)CC1. The van der Waals surface area contributed by atoms with Gasteiger partial charge < -0.3 is 14.2 Å². The van der Waals surface area contributed by atoms with Gasteiger partial charge in [0.05, 0.1) is 0 Å². The molecule has 1 amide bonds. The van der Waals surface area contributed by atoms with E-state index in [1.165, 1.54) is 0 Å². The highest BCUT2D eigenvalue weighted by molar-refractivity contribution is 9.10. The summed E-state index contributed by atoms with van der Waals surface area (Å²) in [7, 11) is 2.07. The number of likely N-dealkylation sites (N-methyl/N-ethyl adjacent to an activating group) is 1. The van der Waals surface area contributed by atoms with E-state index in [1.807, 2.05) is 29.2 Å². The number of carbonyl (C=O) groups is 1. The minimum Gasteiger partial charge on any atom is -0.451 e. The van der Waals surface area contributed by atoms with E-state index in [9.17, 15) is 4.79 Å². The lowest BCUT2D eigenvalue weighted by Gasteiger charge is -2.31. The van der Waals surface area contributed by atoms with Gasteiger partial charge in [-0.15, -0.1) is 0 Å². The molecule has 5 heteroatoms. The molecular weight excluding hydrogens is 308 g/mol. The number of piperazine rings is 1. The maximum absolute atomic E-state index is 12.4. The molecule has 0 N–H and O–H groups in total. The number of carbonyl (C=O) groups excluding carboxylic acids is 1. The Morgan fingerprint density at radius 2 is 1.95 bits per heavy atom. The Morgan fingerprint density at radius 3 is 2.68 bits per heavy atom. The third-order valence-corrected chi connectivity index (χ3v) is 3.98. The number of furan rings is 1. The molecule has 1 aliphatic rings. The second kappa shape index (κ2) is 4.98. The first-order valence-electron chi connectivity index (χ1n) is 6.30. The van der Waals surface area contributed by atoms with Crippen molar-refractivity contribution in [1.82, 2.24) is 9.80 Å². The topological polar surface area (TPSA) is 36.7 Å². The average Bonchev–Trinajstić information content (AvgIpc) is 2.81. The van der Waals surface area contributed by atoms with Gasteiger partial charge >= 0.3 is 0 Å². The number of fused-ring (bicyclic) bond motifs is 1. The average molecular weight is 323 g/mol. The third-order valence-electron chi connectivity index (χ3n) is 3.48. The Balaban J connectivity index is 1.85. The summed E-state index contributed by atoms with van der Waals surface area (Å²) in [5.41, 5.74) is 0.742. The minimum absolute atomic E-state index is 0.0135. The van der Waals surface area contributed by atoms with E-state index in [0.29, 0.717) is 5.76 Å². The van der Waals surface area contributed by atoms with Gasteiger partial charge in [-0.1, -0.05) is 15.9 Å². The summed E-state index contributed by atoms with van der Waals surface area (Å²) in [6.07, 6.45) is 0. The number of hydrogen-bond donors (Lipinski definition) is 0. The van der Waals surface area contributed by atoms with E-state index in [2.05, 4.69) is 27.9 Å². The Morgan fingerprint density at radius 1 is 1.21 bits per heavy atom. The summed E-state index contributed by atoms with van der Waals surface area (Å²) in [6, 6.07) is 7.60. The Bertz CT molecular complexity index is 615.